The third kappa shape index (κ3) is 5.52. The van der Waals surface area contributed by atoms with Crippen molar-refractivity contribution >= 4 is 33.2 Å². The Bertz CT molecular complexity index is 1240. The Balaban J connectivity index is 1.34. The van der Waals surface area contributed by atoms with Gasteiger partial charge in [-0.2, -0.15) is 4.31 Å². The molecule has 0 saturated carbocycles. The van der Waals surface area contributed by atoms with Crippen molar-refractivity contribution in [3.8, 4) is 17.2 Å². The summed E-state index contributed by atoms with van der Waals surface area (Å²) in [6.45, 7) is 0.472. The standard InChI is InChI=1S/C25H25ClN2O5S/c1-32-23-12-7-19(26)17-24(23)34(30,31)28-15-13-18(14-16-28)25(29)27-20-8-10-22(11-9-20)33-21-5-3-2-4-6-21/h2-12,17-18H,13-16H2,1H3,(H,27,29). The number of hydrogen-bond donors (Lipinski definition) is 1. The lowest BCUT2D eigenvalue weighted by Crippen LogP contribution is -2.41. The number of amides is 1. The van der Waals surface area contributed by atoms with Crippen LogP contribution in [0, 0.1) is 5.92 Å². The zero-order chi connectivity index (χ0) is 24.1. The quantitative estimate of drug-likeness (QED) is 0.483. The molecule has 1 fully saturated rings. The smallest absolute Gasteiger partial charge is 0.246 e. The molecule has 34 heavy (non-hydrogen) atoms. The molecule has 7 nitrogen and oxygen atoms in total. The van der Waals surface area contributed by atoms with Crippen LogP contribution in [0.2, 0.25) is 5.02 Å². The predicted molar refractivity (Wildman–Crippen MR) is 131 cm³/mol. The second-order valence-corrected chi connectivity index (χ2v) is 10.2. The van der Waals surface area contributed by atoms with E-state index >= 15 is 0 Å². The van der Waals surface area contributed by atoms with Gasteiger partial charge in [-0.15, -0.1) is 0 Å². The fourth-order valence-corrected chi connectivity index (χ4v) is 5.71. The van der Waals surface area contributed by atoms with Crippen LogP contribution in [0.15, 0.2) is 77.7 Å². The Morgan fingerprint density at radius 1 is 0.971 bits per heavy atom. The van der Waals surface area contributed by atoms with E-state index in [-0.39, 0.29) is 35.6 Å². The Morgan fingerprint density at radius 3 is 2.26 bits per heavy atom. The van der Waals surface area contributed by atoms with Crippen LogP contribution in [-0.4, -0.2) is 38.8 Å². The van der Waals surface area contributed by atoms with Gasteiger partial charge in [0.15, 0.2) is 0 Å². The van der Waals surface area contributed by atoms with E-state index in [0.29, 0.717) is 29.3 Å². The molecule has 0 unspecified atom stereocenters. The summed E-state index contributed by atoms with van der Waals surface area (Å²) in [5.41, 5.74) is 0.657. The number of halogens is 1. The monoisotopic (exact) mass is 500 g/mol. The van der Waals surface area contributed by atoms with Gasteiger partial charge < -0.3 is 14.8 Å². The summed E-state index contributed by atoms with van der Waals surface area (Å²) in [4.78, 5) is 12.8. The summed E-state index contributed by atoms with van der Waals surface area (Å²) in [6, 6.07) is 21.1. The molecule has 1 saturated heterocycles. The normalized spacial score (nSPS) is 15.0. The minimum atomic E-state index is -3.79. The van der Waals surface area contributed by atoms with Crippen molar-refractivity contribution in [1.29, 1.82) is 0 Å². The van der Waals surface area contributed by atoms with E-state index in [2.05, 4.69) is 5.32 Å². The number of hydrogen-bond acceptors (Lipinski definition) is 5. The average molecular weight is 501 g/mol. The maximum Gasteiger partial charge on any atom is 0.246 e. The first-order valence-corrected chi connectivity index (χ1v) is 12.7. The summed E-state index contributed by atoms with van der Waals surface area (Å²) >= 11 is 6.01. The molecule has 9 heteroatoms. The number of ether oxygens (including phenoxy) is 2. The Labute approximate surface area is 204 Å². The first-order chi connectivity index (χ1) is 16.4. The summed E-state index contributed by atoms with van der Waals surface area (Å²) < 4.78 is 38.6. The largest absolute Gasteiger partial charge is 0.495 e. The number of carbonyl (C=O) groups is 1. The fourth-order valence-electron chi connectivity index (χ4n) is 3.82. The van der Waals surface area contributed by atoms with E-state index in [4.69, 9.17) is 21.1 Å². The van der Waals surface area contributed by atoms with Crippen LogP contribution in [0.5, 0.6) is 17.2 Å². The summed E-state index contributed by atoms with van der Waals surface area (Å²) in [5, 5.41) is 3.23. The number of carbonyl (C=O) groups excluding carboxylic acids is 1. The highest BCUT2D eigenvalue weighted by Gasteiger charge is 2.33. The molecule has 0 aliphatic carbocycles. The van der Waals surface area contributed by atoms with E-state index < -0.39 is 10.0 Å². The van der Waals surface area contributed by atoms with Crippen LogP contribution in [0.25, 0.3) is 0 Å². The number of nitrogens with one attached hydrogen (secondary N) is 1. The minimum absolute atomic E-state index is 0.0308. The number of sulfonamides is 1. The van der Waals surface area contributed by atoms with Crippen LogP contribution >= 0.6 is 11.6 Å². The van der Waals surface area contributed by atoms with Crippen molar-refractivity contribution in [2.75, 3.05) is 25.5 Å². The summed E-state index contributed by atoms with van der Waals surface area (Å²) in [7, 11) is -2.37. The first kappa shape index (κ1) is 24.1. The van der Waals surface area contributed by atoms with Crippen LogP contribution in [0.1, 0.15) is 12.8 Å². The molecule has 0 aromatic heterocycles. The van der Waals surface area contributed by atoms with Crippen molar-refractivity contribution in [3.05, 3.63) is 77.8 Å². The van der Waals surface area contributed by atoms with Gasteiger partial charge in [-0.1, -0.05) is 29.8 Å². The second-order valence-electron chi connectivity index (χ2n) is 7.90. The molecular formula is C25H25ClN2O5S. The molecule has 4 rings (SSSR count). The number of anilines is 1. The van der Waals surface area contributed by atoms with Crippen LogP contribution in [0.3, 0.4) is 0 Å². The van der Waals surface area contributed by atoms with Crippen molar-refractivity contribution in [2.45, 2.75) is 17.7 Å². The van der Waals surface area contributed by atoms with E-state index in [9.17, 15) is 13.2 Å². The van der Waals surface area contributed by atoms with Crippen molar-refractivity contribution < 1.29 is 22.7 Å². The highest BCUT2D eigenvalue weighted by molar-refractivity contribution is 7.89. The number of para-hydroxylation sites is 1. The lowest BCUT2D eigenvalue weighted by molar-refractivity contribution is -0.120. The van der Waals surface area contributed by atoms with Crippen LogP contribution in [0.4, 0.5) is 5.69 Å². The molecule has 0 spiro atoms. The van der Waals surface area contributed by atoms with Crippen molar-refractivity contribution in [1.82, 2.24) is 4.31 Å². The highest BCUT2D eigenvalue weighted by atomic mass is 35.5. The molecule has 3 aromatic carbocycles. The molecular weight excluding hydrogens is 476 g/mol. The Kier molecular flexibility index (Phi) is 7.41. The van der Waals surface area contributed by atoms with E-state index in [1.165, 1.54) is 23.5 Å². The topological polar surface area (TPSA) is 84.9 Å². The molecule has 1 aliphatic heterocycles. The van der Waals surface area contributed by atoms with Crippen LogP contribution in [-0.2, 0) is 14.8 Å². The Morgan fingerprint density at radius 2 is 1.62 bits per heavy atom. The highest BCUT2D eigenvalue weighted by Crippen LogP contribution is 2.32. The van der Waals surface area contributed by atoms with Gasteiger partial charge in [0.1, 0.15) is 22.1 Å². The van der Waals surface area contributed by atoms with Gasteiger partial charge in [0.2, 0.25) is 15.9 Å². The zero-order valence-electron chi connectivity index (χ0n) is 18.6. The summed E-state index contributed by atoms with van der Waals surface area (Å²) in [6.07, 6.45) is 0.840. The third-order valence-corrected chi connectivity index (χ3v) is 7.82. The maximum absolute atomic E-state index is 13.1. The molecule has 1 N–H and O–H groups in total. The second kappa shape index (κ2) is 10.5. The molecule has 0 atom stereocenters. The zero-order valence-corrected chi connectivity index (χ0v) is 20.2. The molecule has 0 bridgehead atoms. The molecule has 1 amide bonds. The lowest BCUT2D eigenvalue weighted by Gasteiger charge is -2.31. The fraction of sp³-hybridized carbons (Fsp3) is 0.240. The SMILES string of the molecule is COc1ccc(Cl)cc1S(=O)(=O)N1CCC(C(=O)Nc2ccc(Oc3ccccc3)cc2)CC1. The van der Waals surface area contributed by atoms with Gasteiger partial charge in [0.05, 0.1) is 7.11 Å². The van der Waals surface area contributed by atoms with Crippen molar-refractivity contribution in [2.24, 2.45) is 5.92 Å². The molecule has 178 valence electrons. The lowest BCUT2D eigenvalue weighted by atomic mass is 9.97. The maximum atomic E-state index is 13.1. The van der Waals surface area contributed by atoms with Gasteiger partial charge in [0, 0.05) is 29.7 Å². The molecule has 1 heterocycles. The number of methoxy groups -OCH3 is 1. The number of piperidine rings is 1. The summed E-state index contributed by atoms with van der Waals surface area (Å²) in [5.74, 6) is 1.22. The molecule has 3 aromatic rings. The van der Waals surface area contributed by atoms with E-state index in [1.54, 1.807) is 30.3 Å². The van der Waals surface area contributed by atoms with Gasteiger partial charge >= 0.3 is 0 Å². The Hall–Kier alpha value is -3.07. The van der Waals surface area contributed by atoms with E-state index in [1.807, 2.05) is 30.3 Å². The van der Waals surface area contributed by atoms with Gasteiger partial charge in [-0.3, -0.25) is 4.79 Å². The molecule has 0 radical (unpaired) electrons. The minimum Gasteiger partial charge on any atom is -0.495 e. The van der Waals surface area contributed by atoms with Gasteiger partial charge in [-0.05, 0) is 67.4 Å². The number of rotatable bonds is 7. The van der Waals surface area contributed by atoms with Gasteiger partial charge in [0.25, 0.3) is 0 Å². The predicted octanol–water partition coefficient (Wildman–Crippen LogP) is 5.18. The van der Waals surface area contributed by atoms with Crippen LogP contribution < -0.4 is 14.8 Å². The van der Waals surface area contributed by atoms with E-state index in [0.717, 1.165) is 5.75 Å². The third-order valence-electron chi connectivity index (χ3n) is 5.67. The average Bonchev–Trinajstić information content (AvgIpc) is 2.86. The molecule has 1 aliphatic rings. The number of benzene rings is 3. The number of nitrogens with zero attached hydrogens (tertiary/aromatic N) is 1. The first-order valence-electron chi connectivity index (χ1n) is 10.8. The van der Waals surface area contributed by atoms with Crippen molar-refractivity contribution in [3.63, 3.8) is 0 Å². The van der Waals surface area contributed by atoms with Gasteiger partial charge in [-0.25, -0.2) is 8.42 Å².